The third-order valence-corrected chi connectivity index (χ3v) is 6.45. The molecule has 0 spiro atoms. The molecule has 10 nitrogen and oxygen atoms in total. The highest BCUT2D eigenvalue weighted by atomic mass is 35.5. The fraction of sp³-hybridized carbons (Fsp3) is 0.636. The summed E-state index contributed by atoms with van der Waals surface area (Å²) in [6, 6.07) is -2.13. The number of rotatable bonds is 8. The van der Waals surface area contributed by atoms with Gasteiger partial charge in [-0.2, -0.15) is 0 Å². The van der Waals surface area contributed by atoms with Crippen LogP contribution in [0.5, 0.6) is 0 Å². The highest BCUT2D eigenvalue weighted by Gasteiger charge is 2.42. The van der Waals surface area contributed by atoms with Gasteiger partial charge >= 0.3 is 0 Å². The van der Waals surface area contributed by atoms with Gasteiger partial charge in [0.25, 0.3) is 5.91 Å². The Morgan fingerprint density at radius 1 is 1.29 bits per heavy atom. The zero-order chi connectivity index (χ0) is 25.0. The molecular weight excluding hydrogens is 487 g/mol. The van der Waals surface area contributed by atoms with E-state index in [1.807, 2.05) is 0 Å². The van der Waals surface area contributed by atoms with Crippen molar-refractivity contribution in [3.8, 4) is 0 Å². The lowest BCUT2D eigenvalue weighted by Crippen LogP contribution is -2.56. The SMILES string of the molecule is CCO[C@@H]1OC(O)C[C@@H]1NC(=O)[C@@H]1CCCN1C(=O)[C@@H](NC(=O)c1c(Cl)cncc1Cl)C(C)C. The third kappa shape index (κ3) is 5.98. The number of carbonyl (C=O) groups excluding carboxylic acids is 3. The van der Waals surface area contributed by atoms with Crippen LogP contribution in [0.15, 0.2) is 12.4 Å². The number of aromatic nitrogens is 1. The molecule has 1 aromatic heterocycles. The van der Waals surface area contributed by atoms with E-state index in [4.69, 9.17) is 32.7 Å². The van der Waals surface area contributed by atoms with Crippen LogP contribution in [0.1, 0.15) is 50.4 Å². The molecule has 188 valence electrons. The predicted octanol–water partition coefficient (Wildman–Crippen LogP) is 1.72. The molecule has 0 radical (unpaired) electrons. The number of hydrogen-bond acceptors (Lipinski definition) is 7. The van der Waals surface area contributed by atoms with Crippen LogP contribution >= 0.6 is 23.2 Å². The van der Waals surface area contributed by atoms with E-state index in [9.17, 15) is 19.5 Å². The van der Waals surface area contributed by atoms with Gasteiger partial charge in [0.15, 0.2) is 12.6 Å². The molecule has 0 aromatic carbocycles. The van der Waals surface area contributed by atoms with Gasteiger partial charge in [-0.25, -0.2) is 0 Å². The van der Waals surface area contributed by atoms with E-state index in [-0.39, 0.29) is 39.8 Å². The first kappa shape index (κ1) is 26.6. The second-order valence-corrected chi connectivity index (χ2v) is 9.44. The number of hydrogen-bond donors (Lipinski definition) is 3. The normalized spacial score (nSPS) is 25.4. The highest BCUT2D eigenvalue weighted by molar-refractivity contribution is 6.39. The lowest BCUT2D eigenvalue weighted by Gasteiger charge is -2.31. The summed E-state index contributed by atoms with van der Waals surface area (Å²) >= 11 is 12.2. The summed E-state index contributed by atoms with van der Waals surface area (Å²) in [7, 11) is 0. The minimum atomic E-state index is -1.03. The summed E-state index contributed by atoms with van der Waals surface area (Å²) in [5, 5.41) is 15.5. The van der Waals surface area contributed by atoms with E-state index < -0.39 is 36.6 Å². The molecule has 34 heavy (non-hydrogen) atoms. The predicted molar refractivity (Wildman–Crippen MR) is 124 cm³/mol. The van der Waals surface area contributed by atoms with E-state index in [2.05, 4.69) is 15.6 Å². The van der Waals surface area contributed by atoms with Crippen molar-refractivity contribution in [3.63, 3.8) is 0 Å². The average molecular weight is 517 g/mol. The zero-order valence-corrected chi connectivity index (χ0v) is 20.8. The second kappa shape index (κ2) is 11.6. The Bertz CT molecular complexity index is 897. The first-order chi connectivity index (χ1) is 16.1. The number of nitrogens with one attached hydrogen (secondary N) is 2. The quantitative estimate of drug-likeness (QED) is 0.479. The number of aliphatic hydroxyl groups excluding tert-OH is 1. The molecule has 0 saturated carbocycles. The molecule has 2 saturated heterocycles. The number of halogens is 2. The summed E-state index contributed by atoms with van der Waals surface area (Å²) in [5.41, 5.74) is 0.0363. The Kier molecular flexibility index (Phi) is 9.11. The van der Waals surface area contributed by atoms with Gasteiger partial charge in [0.2, 0.25) is 11.8 Å². The number of likely N-dealkylation sites (tertiary alicyclic amines) is 1. The van der Waals surface area contributed by atoms with E-state index in [1.54, 1.807) is 20.8 Å². The molecule has 1 aromatic rings. The molecule has 2 aliphatic rings. The number of pyridine rings is 1. The highest BCUT2D eigenvalue weighted by Crippen LogP contribution is 2.26. The molecule has 0 aliphatic carbocycles. The Balaban J connectivity index is 1.71. The van der Waals surface area contributed by atoms with Crippen LogP contribution in [0, 0.1) is 5.92 Å². The molecule has 2 aliphatic heterocycles. The number of aliphatic hydroxyl groups is 1. The maximum atomic E-state index is 13.5. The smallest absolute Gasteiger partial charge is 0.255 e. The van der Waals surface area contributed by atoms with Gasteiger partial charge in [-0.15, -0.1) is 0 Å². The molecule has 0 bridgehead atoms. The number of ether oxygens (including phenoxy) is 2. The van der Waals surface area contributed by atoms with Gasteiger partial charge in [-0.1, -0.05) is 37.0 Å². The average Bonchev–Trinajstić information content (AvgIpc) is 3.38. The van der Waals surface area contributed by atoms with E-state index in [0.717, 1.165) is 0 Å². The molecule has 1 unspecified atom stereocenters. The maximum Gasteiger partial charge on any atom is 0.255 e. The minimum absolute atomic E-state index is 0.0363. The number of nitrogens with zero attached hydrogens (tertiary/aromatic N) is 2. The van der Waals surface area contributed by atoms with Crippen LogP contribution in [0.25, 0.3) is 0 Å². The minimum Gasteiger partial charge on any atom is -0.368 e. The molecule has 2 fully saturated rings. The monoisotopic (exact) mass is 516 g/mol. The summed E-state index contributed by atoms with van der Waals surface area (Å²) in [6.07, 6.45) is 2.12. The third-order valence-electron chi connectivity index (χ3n) is 5.87. The van der Waals surface area contributed by atoms with Crippen molar-refractivity contribution in [2.75, 3.05) is 13.2 Å². The fourth-order valence-electron chi connectivity index (χ4n) is 4.20. The van der Waals surface area contributed by atoms with Crippen molar-refractivity contribution in [1.29, 1.82) is 0 Å². The molecule has 3 N–H and O–H groups in total. The summed E-state index contributed by atoms with van der Waals surface area (Å²) in [4.78, 5) is 44.7. The molecule has 3 heterocycles. The maximum absolute atomic E-state index is 13.5. The standard InChI is InChI=1S/C22H30Cl2N4O6/c1-4-33-22-14(8-16(29)34-22)26-19(30)15-6-5-7-28(15)21(32)18(11(2)3)27-20(31)17-12(23)9-25-10-13(17)24/h9-11,14-16,18,22,29H,4-8H2,1-3H3,(H,26,30)(H,27,31)/t14-,15-,16?,18-,22+/m0/s1. The van der Waals surface area contributed by atoms with Crippen molar-refractivity contribution >= 4 is 40.9 Å². The van der Waals surface area contributed by atoms with Crippen LogP contribution in [0.3, 0.4) is 0 Å². The first-order valence-electron chi connectivity index (χ1n) is 11.3. The Morgan fingerprint density at radius 2 is 1.97 bits per heavy atom. The van der Waals surface area contributed by atoms with Crippen molar-refractivity contribution in [2.45, 2.75) is 70.7 Å². The molecule has 5 atom stereocenters. The second-order valence-electron chi connectivity index (χ2n) is 8.63. The van der Waals surface area contributed by atoms with Gasteiger partial charge < -0.3 is 30.1 Å². The lowest BCUT2D eigenvalue weighted by atomic mass is 10.0. The first-order valence-corrected chi connectivity index (χ1v) is 12.0. The van der Waals surface area contributed by atoms with E-state index in [1.165, 1.54) is 17.3 Å². The topological polar surface area (TPSA) is 130 Å². The lowest BCUT2D eigenvalue weighted by molar-refractivity contribution is -0.188. The van der Waals surface area contributed by atoms with Crippen molar-refractivity contribution < 1.29 is 29.0 Å². The van der Waals surface area contributed by atoms with Gasteiger partial charge in [-0.05, 0) is 25.7 Å². The van der Waals surface area contributed by atoms with Crippen molar-refractivity contribution in [1.82, 2.24) is 20.5 Å². The van der Waals surface area contributed by atoms with Crippen LogP contribution in [0.2, 0.25) is 10.0 Å². The zero-order valence-electron chi connectivity index (χ0n) is 19.3. The Hall–Kier alpha value is -1.98. The molecule has 3 amide bonds. The van der Waals surface area contributed by atoms with Gasteiger partial charge in [-0.3, -0.25) is 19.4 Å². The fourth-order valence-corrected chi connectivity index (χ4v) is 4.73. The molecule has 12 heteroatoms. The Morgan fingerprint density at radius 3 is 2.59 bits per heavy atom. The van der Waals surface area contributed by atoms with E-state index in [0.29, 0.717) is 26.0 Å². The molecular formula is C22H30Cl2N4O6. The van der Waals surface area contributed by atoms with Crippen molar-refractivity contribution in [3.05, 3.63) is 28.0 Å². The largest absolute Gasteiger partial charge is 0.368 e. The van der Waals surface area contributed by atoms with Crippen LogP contribution in [0.4, 0.5) is 0 Å². The van der Waals surface area contributed by atoms with Crippen LogP contribution in [-0.2, 0) is 19.1 Å². The van der Waals surface area contributed by atoms with Gasteiger partial charge in [0, 0.05) is 32.0 Å². The number of carbonyl (C=O) groups is 3. The van der Waals surface area contributed by atoms with E-state index >= 15 is 0 Å². The van der Waals surface area contributed by atoms with Gasteiger partial charge in [0.05, 0.1) is 21.7 Å². The van der Waals surface area contributed by atoms with Crippen LogP contribution < -0.4 is 10.6 Å². The summed E-state index contributed by atoms with van der Waals surface area (Å²) < 4.78 is 10.7. The van der Waals surface area contributed by atoms with Crippen molar-refractivity contribution in [2.24, 2.45) is 5.92 Å². The van der Waals surface area contributed by atoms with Gasteiger partial charge in [0.1, 0.15) is 12.1 Å². The molecule has 3 rings (SSSR count). The summed E-state index contributed by atoms with van der Waals surface area (Å²) in [6.45, 7) is 6.13. The summed E-state index contributed by atoms with van der Waals surface area (Å²) in [5.74, 6) is -1.58. The van der Waals surface area contributed by atoms with Crippen LogP contribution in [-0.4, -0.2) is 76.6 Å². The Labute approximate surface area is 208 Å². The number of amides is 3.